The zero-order chi connectivity index (χ0) is 14.4. The maximum Gasteiger partial charge on any atom is 0.323 e. The molecular weight excluding hydrogens is 357 g/mol. The van der Waals surface area contributed by atoms with Crippen LogP contribution in [-0.4, -0.2) is 35.0 Å². The first-order valence-corrected chi connectivity index (χ1v) is 7.21. The molecule has 0 spiro atoms. The number of rotatable bonds is 6. The molecule has 0 aromatic heterocycles. The number of carboxylic acid groups (broad SMARTS) is 1. The Balaban J connectivity index is 2.76. The SMILES string of the molecule is CC(C)CN(CC(=O)O)C(=O)Cc1ccccc1I. The van der Waals surface area contributed by atoms with Crippen molar-refractivity contribution < 1.29 is 14.7 Å². The van der Waals surface area contributed by atoms with Crippen LogP contribution in [0.5, 0.6) is 0 Å². The molecule has 0 aliphatic rings. The predicted molar refractivity (Wildman–Crippen MR) is 81.9 cm³/mol. The van der Waals surface area contributed by atoms with Gasteiger partial charge in [-0.25, -0.2) is 0 Å². The fourth-order valence-electron chi connectivity index (χ4n) is 1.78. The Morgan fingerprint density at radius 3 is 2.47 bits per heavy atom. The van der Waals surface area contributed by atoms with E-state index in [1.54, 1.807) is 0 Å². The van der Waals surface area contributed by atoms with Gasteiger partial charge in [-0.3, -0.25) is 9.59 Å². The van der Waals surface area contributed by atoms with Crippen LogP contribution < -0.4 is 0 Å². The van der Waals surface area contributed by atoms with E-state index in [4.69, 9.17) is 5.11 Å². The summed E-state index contributed by atoms with van der Waals surface area (Å²) in [6, 6.07) is 7.63. The smallest absolute Gasteiger partial charge is 0.323 e. The highest BCUT2D eigenvalue weighted by Crippen LogP contribution is 2.13. The molecule has 1 aromatic rings. The van der Waals surface area contributed by atoms with Crippen LogP contribution in [0, 0.1) is 9.49 Å². The summed E-state index contributed by atoms with van der Waals surface area (Å²) in [5, 5.41) is 8.87. The molecule has 0 bridgehead atoms. The minimum atomic E-state index is -0.975. The second kappa shape index (κ2) is 7.47. The summed E-state index contributed by atoms with van der Waals surface area (Å²) in [4.78, 5) is 24.4. The Kier molecular flexibility index (Phi) is 6.27. The van der Waals surface area contributed by atoms with Gasteiger partial charge >= 0.3 is 5.97 Å². The Morgan fingerprint density at radius 2 is 1.95 bits per heavy atom. The zero-order valence-corrected chi connectivity index (χ0v) is 13.3. The van der Waals surface area contributed by atoms with E-state index in [2.05, 4.69) is 22.6 Å². The monoisotopic (exact) mass is 375 g/mol. The van der Waals surface area contributed by atoms with Gasteiger partial charge in [0.15, 0.2) is 0 Å². The maximum atomic E-state index is 12.2. The number of halogens is 1. The Labute approximate surface area is 126 Å². The fraction of sp³-hybridized carbons (Fsp3) is 0.429. The standard InChI is InChI=1S/C14H18INO3/c1-10(2)8-16(9-14(18)19)13(17)7-11-5-3-4-6-12(11)15/h3-6,10H,7-9H2,1-2H3,(H,18,19). The van der Waals surface area contributed by atoms with Crippen molar-refractivity contribution in [3.63, 3.8) is 0 Å². The molecule has 0 atom stereocenters. The highest BCUT2D eigenvalue weighted by molar-refractivity contribution is 14.1. The first-order valence-electron chi connectivity index (χ1n) is 6.13. The molecule has 19 heavy (non-hydrogen) atoms. The number of benzene rings is 1. The summed E-state index contributed by atoms with van der Waals surface area (Å²) in [6.45, 7) is 4.16. The van der Waals surface area contributed by atoms with Gasteiger partial charge in [0.05, 0.1) is 6.42 Å². The molecule has 0 aliphatic carbocycles. The normalized spacial score (nSPS) is 10.5. The molecule has 0 saturated heterocycles. The van der Waals surface area contributed by atoms with Crippen molar-refractivity contribution in [3.8, 4) is 0 Å². The van der Waals surface area contributed by atoms with Gasteiger partial charge in [0.2, 0.25) is 5.91 Å². The molecule has 104 valence electrons. The fourth-order valence-corrected chi connectivity index (χ4v) is 2.35. The number of hydrogen-bond acceptors (Lipinski definition) is 2. The van der Waals surface area contributed by atoms with Crippen molar-refractivity contribution in [1.29, 1.82) is 0 Å². The lowest BCUT2D eigenvalue weighted by molar-refractivity contribution is -0.144. The predicted octanol–water partition coefficient (Wildman–Crippen LogP) is 2.40. The number of hydrogen-bond donors (Lipinski definition) is 1. The molecular formula is C14H18INO3. The minimum absolute atomic E-state index is 0.139. The van der Waals surface area contributed by atoms with Crippen LogP contribution in [0.25, 0.3) is 0 Å². The second-order valence-corrected chi connectivity index (χ2v) is 5.99. The summed E-state index contributed by atoms with van der Waals surface area (Å²) in [7, 11) is 0. The van der Waals surface area contributed by atoms with E-state index in [1.165, 1.54) is 4.90 Å². The third kappa shape index (κ3) is 5.59. The zero-order valence-electron chi connectivity index (χ0n) is 11.1. The molecule has 0 fully saturated rings. The summed E-state index contributed by atoms with van der Waals surface area (Å²) < 4.78 is 1.02. The van der Waals surface area contributed by atoms with Crippen molar-refractivity contribution in [2.75, 3.05) is 13.1 Å². The molecule has 1 rings (SSSR count). The van der Waals surface area contributed by atoms with Gasteiger partial charge in [0, 0.05) is 10.1 Å². The lowest BCUT2D eigenvalue weighted by Crippen LogP contribution is -2.39. The number of carbonyl (C=O) groups excluding carboxylic acids is 1. The van der Waals surface area contributed by atoms with Crippen LogP contribution in [0.2, 0.25) is 0 Å². The molecule has 0 unspecified atom stereocenters. The third-order valence-corrected chi connectivity index (χ3v) is 3.62. The van der Waals surface area contributed by atoms with Crippen LogP contribution in [0.15, 0.2) is 24.3 Å². The number of nitrogens with zero attached hydrogens (tertiary/aromatic N) is 1. The molecule has 1 N–H and O–H groups in total. The molecule has 5 heteroatoms. The molecule has 0 heterocycles. The van der Waals surface area contributed by atoms with Crippen molar-refractivity contribution in [1.82, 2.24) is 4.90 Å². The van der Waals surface area contributed by atoms with Gasteiger partial charge in [-0.2, -0.15) is 0 Å². The number of amides is 1. The Hall–Kier alpha value is -1.11. The topological polar surface area (TPSA) is 57.6 Å². The van der Waals surface area contributed by atoms with Gasteiger partial charge in [-0.15, -0.1) is 0 Å². The third-order valence-electron chi connectivity index (χ3n) is 2.56. The van der Waals surface area contributed by atoms with Crippen LogP contribution >= 0.6 is 22.6 Å². The molecule has 1 aromatic carbocycles. The van der Waals surface area contributed by atoms with Gasteiger partial charge in [-0.1, -0.05) is 32.0 Å². The first-order chi connectivity index (χ1) is 8.90. The maximum absolute atomic E-state index is 12.2. The molecule has 0 aliphatic heterocycles. The molecule has 4 nitrogen and oxygen atoms in total. The quantitative estimate of drug-likeness (QED) is 0.777. The van der Waals surface area contributed by atoms with Crippen LogP contribution in [0.3, 0.4) is 0 Å². The first kappa shape index (κ1) is 15.9. The van der Waals surface area contributed by atoms with E-state index in [0.717, 1.165) is 9.13 Å². The van der Waals surface area contributed by atoms with Gasteiger partial charge in [-0.05, 0) is 40.1 Å². The average molecular weight is 375 g/mol. The second-order valence-electron chi connectivity index (χ2n) is 4.83. The summed E-state index contributed by atoms with van der Waals surface area (Å²) in [6.07, 6.45) is 0.249. The van der Waals surface area contributed by atoms with E-state index < -0.39 is 5.97 Å². The van der Waals surface area contributed by atoms with E-state index >= 15 is 0 Å². The summed E-state index contributed by atoms with van der Waals surface area (Å²) in [5.41, 5.74) is 0.937. The van der Waals surface area contributed by atoms with Gasteiger partial charge < -0.3 is 10.0 Å². The average Bonchev–Trinajstić information content (AvgIpc) is 2.30. The van der Waals surface area contributed by atoms with E-state index in [0.29, 0.717) is 6.54 Å². The number of carbonyl (C=O) groups is 2. The summed E-state index contributed by atoms with van der Waals surface area (Å²) in [5.74, 6) is -0.866. The van der Waals surface area contributed by atoms with E-state index in [1.807, 2.05) is 38.1 Å². The van der Waals surface area contributed by atoms with Crippen LogP contribution in [0.4, 0.5) is 0 Å². The van der Waals surface area contributed by atoms with Gasteiger partial charge in [0.1, 0.15) is 6.54 Å². The lowest BCUT2D eigenvalue weighted by Gasteiger charge is -2.23. The Morgan fingerprint density at radius 1 is 1.32 bits per heavy atom. The van der Waals surface area contributed by atoms with Gasteiger partial charge in [0.25, 0.3) is 0 Å². The van der Waals surface area contributed by atoms with Crippen molar-refractivity contribution in [2.24, 2.45) is 5.92 Å². The summed E-state index contributed by atoms with van der Waals surface area (Å²) >= 11 is 2.18. The number of carboxylic acids is 1. The lowest BCUT2D eigenvalue weighted by atomic mass is 10.1. The number of aliphatic carboxylic acids is 1. The molecule has 0 saturated carbocycles. The van der Waals surface area contributed by atoms with Crippen LogP contribution in [0.1, 0.15) is 19.4 Å². The Bertz CT molecular complexity index is 460. The molecule has 0 radical (unpaired) electrons. The highest BCUT2D eigenvalue weighted by atomic mass is 127. The van der Waals surface area contributed by atoms with Crippen molar-refractivity contribution in [3.05, 3.63) is 33.4 Å². The highest BCUT2D eigenvalue weighted by Gasteiger charge is 2.18. The van der Waals surface area contributed by atoms with Crippen LogP contribution in [-0.2, 0) is 16.0 Å². The van der Waals surface area contributed by atoms with Crippen molar-refractivity contribution in [2.45, 2.75) is 20.3 Å². The largest absolute Gasteiger partial charge is 0.480 e. The molecule has 1 amide bonds. The van der Waals surface area contributed by atoms with E-state index in [9.17, 15) is 9.59 Å². The van der Waals surface area contributed by atoms with E-state index in [-0.39, 0.29) is 24.8 Å². The van der Waals surface area contributed by atoms with Crippen molar-refractivity contribution >= 4 is 34.5 Å². The minimum Gasteiger partial charge on any atom is -0.480 e.